The number of aromatic nitrogens is 1. The fraction of sp³-hybridized carbons (Fsp3) is 0.286. The standard InChI is InChI=1S/C14H12F3NOS2/c1-8-5-11(9(2)21-8)12(19)7-20-13-4-3-10(6-18-13)14(15,16)17/h3-6H,7H2,1-2H3. The Bertz CT molecular complexity index is 647. The Morgan fingerprint density at radius 3 is 2.52 bits per heavy atom. The van der Waals surface area contributed by atoms with E-state index in [4.69, 9.17) is 0 Å². The molecular weight excluding hydrogens is 319 g/mol. The summed E-state index contributed by atoms with van der Waals surface area (Å²) in [6, 6.07) is 4.09. The van der Waals surface area contributed by atoms with Crippen molar-refractivity contribution in [1.29, 1.82) is 0 Å². The van der Waals surface area contributed by atoms with Gasteiger partial charge in [0.05, 0.1) is 16.3 Å². The van der Waals surface area contributed by atoms with Crippen molar-refractivity contribution in [2.75, 3.05) is 5.75 Å². The smallest absolute Gasteiger partial charge is 0.293 e. The molecule has 0 aliphatic rings. The highest BCUT2D eigenvalue weighted by Crippen LogP contribution is 2.30. The average molecular weight is 331 g/mol. The van der Waals surface area contributed by atoms with E-state index in [1.807, 2.05) is 19.9 Å². The summed E-state index contributed by atoms with van der Waals surface area (Å²) >= 11 is 2.69. The van der Waals surface area contributed by atoms with E-state index in [-0.39, 0.29) is 11.5 Å². The van der Waals surface area contributed by atoms with Gasteiger partial charge in [0.2, 0.25) is 0 Å². The molecular formula is C14H12F3NOS2. The van der Waals surface area contributed by atoms with Crippen molar-refractivity contribution in [3.05, 3.63) is 45.3 Å². The van der Waals surface area contributed by atoms with Gasteiger partial charge in [-0.15, -0.1) is 11.3 Å². The minimum absolute atomic E-state index is 0.0384. The largest absolute Gasteiger partial charge is 0.417 e. The summed E-state index contributed by atoms with van der Waals surface area (Å²) in [7, 11) is 0. The van der Waals surface area contributed by atoms with E-state index in [0.717, 1.165) is 33.8 Å². The number of Topliss-reactive ketones (excluding diaryl/α,β-unsaturated/α-hetero) is 1. The molecule has 2 rings (SSSR count). The lowest BCUT2D eigenvalue weighted by atomic mass is 10.2. The van der Waals surface area contributed by atoms with Crippen LogP contribution in [0, 0.1) is 13.8 Å². The number of alkyl halides is 3. The van der Waals surface area contributed by atoms with Gasteiger partial charge in [0.25, 0.3) is 0 Å². The fourth-order valence-corrected chi connectivity index (χ4v) is 3.43. The first-order valence-corrected chi connectivity index (χ1v) is 7.84. The molecule has 2 heterocycles. The van der Waals surface area contributed by atoms with Crippen molar-refractivity contribution in [3.8, 4) is 0 Å². The first-order chi connectivity index (χ1) is 9.77. The van der Waals surface area contributed by atoms with Gasteiger partial charge in [0, 0.05) is 21.5 Å². The van der Waals surface area contributed by atoms with Crippen LogP contribution >= 0.6 is 23.1 Å². The first kappa shape index (κ1) is 16.0. The highest BCUT2D eigenvalue weighted by atomic mass is 32.2. The number of thiophene rings is 1. The first-order valence-electron chi connectivity index (χ1n) is 6.03. The van der Waals surface area contributed by atoms with Crippen molar-refractivity contribution < 1.29 is 18.0 Å². The molecule has 0 spiro atoms. The van der Waals surface area contributed by atoms with Crippen LogP contribution in [0.2, 0.25) is 0 Å². The molecule has 0 saturated carbocycles. The highest BCUT2D eigenvalue weighted by molar-refractivity contribution is 7.99. The molecule has 21 heavy (non-hydrogen) atoms. The van der Waals surface area contributed by atoms with E-state index < -0.39 is 11.7 Å². The third-order valence-electron chi connectivity index (χ3n) is 2.76. The Morgan fingerprint density at radius 2 is 2.05 bits per heavy atom. The minimum Gasteiger partial charge on any atom is -0.293 e. The van der Waals surface area contributed by atoms with Gasteiger partial charge in [0.1, 0.15) is 0 Å². The number of carbonyl (C=O) groups is 1. The van der Waals surface area contributed by atoms with Gasteiger partial charge in [-0.3, -0.25) is 4.79 Å². The number of ketones is 1. The van der Waals surface area contributed by atoms with Crippen LogP contribution in [0.5, 0.6) is 0 Å². The zero-order valence-corrected chi connectivity index (χ0v) is 13.0. The van der Waals surface area contributed by atoms with E-state index in [2.05, 4.69) is 4.98 Å². The summed E-state index contributed by atoms with van der Waals surface area (Å²) in [6.45, 7) is 3.81. The quantitative estimate of drug-likeness (QED) is 0.598. The van der Waals surface area contributed by atoms with Gasteiger partial charge >= 0.3 is 6.18 Å². The predicted octanol–water partition coefficient (Wildman–Crippen LogP) is 4.75. The number of rotatable bonds is 4. The molecule has 0 saturated heterocycles. The molecule has 0 atom stereocenters. The maximum atomic E-state index is 12.4. The summed E-state index contributed by atoms with van der Waals surface area (Å²) < 4.78 is 37.2. The summed E-state index contributed by atoms with van der Waals surface area (Å²) in [5.74, 6) is 0.124. The molecule has 2 aromatic rings. The predicted molar refractivity (Wildman–Crippen MR) is 78.1 cm³/mol. The Balaban J connectivity index is 2.00. The van der Waals surface area contributed by atoms with Crippen LogP contribution in [0.4, 0.5) is 13.2 Å². The molecule has 0 aliphatic carbocycles. The number of hydrogen-bond acceptors (Lipinski definition) is 4. The van der Waals surface area contributed by atoms with Gasteiger partial charge in [-0.05, 0) is 32.0 Å². The van der Waals surface area contributed by atoms with Gasteiger partial charge in [-0.1, -0.05) is 11.8 Å². The summed E-state index contributed by atoms with van der Waals surface area (Å²) in [4.78, 5) is 17.8. The normalized spacial score (nSPS) is 11.7. The number of aryl methyl sites for hydroxylation is 2. The van der Waals surface area contributed by atoms with Gasteiger partial charge < -0.3 is 0 Å². The molecule has 7 heteroatoms. The maximum Gasteiger partial charge on any atom is 0.417 e. The Morgan fingerprint density at radius 1 is 1.33 bits per heavy atom. The van der Waals surface area contributed by atoms with Crippen LogP contribution in [-0.4, -0.2) is 16.5 Å². The number of halogens is 3. The summed E-state index contributed by atoms with van der Waals surface area (Å²) in [5, 5.41) is 0.404. The van der Waals surface area contributed by atoms with E-state index in [9.17, 15) is 18.0 Å². The molecule has 0 aromatic carbocycles. The molecule has 0 N–H and O–H groups in total. The number of carbonyl (C=O) groups excluding carboxylic acids is 1. The van der Waals surface area contributed by atoms with Crippen LogP contribution in [0.1, 0.15) is 25.7 Å². The molecule has 0 unspecified atom stereocenters. The van der Waals surface area contributed by atoms with E-state index in [0.29, 0.717) is 10.6 Å². The molecule has 0 amide bonds. The molecule has 112 valence electrons. The Kier molecular flexibility index (Phi) is 4.73. The molecule has 0 bridgehead atoms. The Hall–Kier alpha value is -1.34. The zero-order valence-electron chi connectivity index (χ0n) is 11.3. The number of hydrogen-bond donors (Lipinski definition) is 0. The van der Waals surface area contributed by atoms with Crippen molar-refractivity contribution in [2.45, 2.75) is 25.0 Å². The van der Waals surface area contributed by atoms with E-state index >= 15 is 0 Å². The van der Waals surface area contributed by atoms with Crippen LogP contribution < -0.4 is 0 Å². The topological polar surface area (TPSA) is 30.0 Å². The van der Waals surface area contributed by atoms with Crippen molar-refractivity contribution in [2.24, 2.45) is 0 Å². The van der Waals surface area contributed by atoms with Crippen LogP contribution in [0.15, 0.2) is 29.4 Å². The van der Waals surface area contributed by atoms with E-state index in [1.54, 1.807) is 11.3 Å². The SMILES string of the molecule is Cc1cc(C(=O)CSc2ccc(C(F)(F)F)cn2)c(C)s1. The zero-order chi connectivity index (χ0) is 15.6. The molecule has 2 aromatic heterocycles. The average Bonchev–Trinajstić information content (AvgIpc) is 2.74. The second-order valence-corrected chi connectivity index (χ2v) is 6.88. The van der Waals surface area contributed by atoms with Gasteiger partial charge in [-0.2, -0.15) is 13.2 Å². The lowest BCUT2D eigenvalue weighted by Crippen LogP contribution is -2.06. The monoisotopic (exact) mass is 331 g/mol. The molecule has 2 nitrogen and oxygen atoms in total. The van der Waals surface area contributed by atoms with Crippen LogP contribution in [0.25, 0.3) is 0 Å². The second-order valence-electron chi connectivity index (χ2n) is 4.42. The van der Waals surface area contributed by atoms with E-state index in [1.165, 1.54) is 6.07 Å². The summed E-state index contributed by atoms with van der Waals surface area (Å²) in [6.07, 6.45) is -3.61. The van der Waals surface area contributed by atoms with Crippen LogP contribution in [-0.2, 0) is 6.18 Å². The number of pyridine rings is 1. The van der Waals surface area contributed by atoms with Gasteiger partial charge in [0.15, 0.2) is 5.78 Å². The second kappa shape index (κ2) is 6.19. The summed E-state index contributed by atoms with van der Waals surface area (Å²) in [5.41, 5.74) is -0.112. The number of nitrogens with zero attached hydrogens (tertiary/aromatic N) is 1. The lowest BCUT2D eigenvalue weighted by molar-refractivity contribution is -0.137. The fourth-order valence-electron chi connectivity index (χ4n) is 1.76. The third kappa shape index (κ3) is 4.07. The molecule has 0 aliphatic heterocycles. The highest BCUT2D eigenvalue weighted by Gasteiger charge is 2.30. The molecule has 0 fully saturated rings. The van der Waals surface area contributed by atoms with Gasteiger partial charge in [-0.25, -0.2) is 4.98 Å². The third-order valence-corrected chi connectivity index (χ3v) is 4.67. The Labute approximate surface area is 128 Å². The van der Waals surface area contributed by atoms with Crippen molar-refractivity contribution in [1.82, 2.24) is 4.98 Å². The molecule has 0 radical (unpaired) electrons. The van der Waals surface area contributed by atoms with Crippen molar-refractivity contribution >= 4 is 28.9 Å². The van der Waals surface area contributed by atoms with Crippen molar-refractivity contribution in [3.63, 3.8) is 0 Å². The van der Waals surface area contributed by atoms with Crippen LogP contribution in [0.3, 0.4) is 0 Å². The minimum atomic E-state index is -4.39. The maximum absolute atomic E-state index is 12.4. The number of thioether (sulfide) groups is 1. The lowest BCUT2D eigenvalue weighted by Gasteiger charge is -2.06.